The number of aromatic nitrogens is 3. The first kappa shape index (κ1) is 15.0. The molecule has 0 saturated carbocycles. The third kappa shape index (κ3) is 2.97. The predicted octanol–water partition coefficient (Wildman–Crippen LogP) is 4.58. The normalized spacial score (nSPS) is 10.6. The Kier molecular flexibility index (Phi) is 3.92. The number of phenols is 1. The molecule has 0 radical (unpaired) electrons. The first-order valence-corrected chi connectivity index (χ1v) is 7.91. The first-order valence-electron chi connectivity index (χ1n) is 7.91. The van der Waals surface area contributed by atoms with Gasteiger partial charge in [-0.25, -0.2) is 0 Å². The molecule has 0 unspecified atom stereocenters. The van der Waals surface area contributed by atoms with Gasteiger partial charge in [-0.3, -0.25) is 15.0 Å². The van der Waals surface area contributed by atoms with Crippen LogP contribution in [0.15, 0.2) is 85.7 Å². The minimum absolute atomic E-state index is 0.246. The lowest BCUT2D eigenvalue weighted by molar-refractivity contribution is 0.479. The van der Waals surface area contributed by atoms with E-state index in [0.717, 1.165) is 33.4 Å². The molecule has 3 aromatic heterocycles. The molecule has 0 saturated heterocycles. The van der Waals surface area contributed by atoms with Crippen molar-refractivity contribution in [3.63, 3.8) is 0 Å². The summed E-state index contributed by atoms with van der Waals surface area (Å²) < 4.78 is 0. The van der Waals surface area contributed by atoms with Crippen molar-refractivity contribution in [3.8, 4) is 39.1 Å². The maximum Gasteiger partial charge on any atom is 0.131 e. The molecule has 25 heavy (non-hydrogen) atoms. The highest BCUT2D eigenvalue weighted by atomic mass is 16.3. The predicted molar refractivity (Wildman–Crippen MR) is 97.8 cm³/mol. The van der Waals surface area contributed by atoms with Gasteiger partial charge in [0.15, 0.2) is 0 Å². The van der Waals surface area contributed by atoms with Gasteiger partial charge in [-0.1, -0.05) is 0 Å². The van der Waals surface area contributed by atoms with Crippen LogP contribution < -0.4 is 0 Å². The van der Waals surface area contributed by atoms with Crippen molar-refractivity contribution in [1.29, 1.82) is 0 Å². The third-order valence-corrected chi connectivity index (χ3v) is 4.11. The molecule has 0 fully saturated rings. The van der Waals surface area contributed by atoms with Crippen molar-refractivity contribution in [2.75, 3.05) is 0 Å². The maximum atomic E-state index is 10.9. The number of hydrogen-bond donors (Lipinski definition) is 1. The third-order valence-electron chi connectivity index (χ3n) is 4.11. The lowest BCUT2D eigenvalue weighted by atomic mass is 9.93. The van der Waals surface area contributed by atoms with Crippen LogP contribution in [-0.4, -0.2) is 20.1 Å². The lowest BCUT2D eigenvalue weighted by Crippen LogP contribution is -1.88. The number of nitrogens with zero attached hydrogens (tertiary/aromatic N) is 3. The highest BCUT2D eigenvalue weighted by Gasteiger charge is 2.14. The Morgan fingerprint density at radius 1 is 0.480 bits per heavy atom. The molecule has 0 aliphatic carbocycles. The maximum absolute atomic E-state index is 10.9. The summed E-state index contributed by atoms with van der Waals surface area (Å²) in [6.45, 7) is 0. The van der Waals surface area contributed by atoms with Crippen LogP contribution >= 0.6 is 0 Å². The van der Waals surface area contributed by atoms with Gasteiger partial charge in [-0.15, -0.1) is 0 Å². The van der Waals surface area contributed by atoms with Gasteiger partial charge in [0.05, 0.1) is 0 Å². The number of rotatable bonds is 3. The number of hydrogen-bond acceptors (Lipinski definition) is 4. The molecule has 1 N–H and O–H groups in total. The summed E-state index contributed by atoms with van der Waals surface area (Å²) in [6.07, 6.45) is 10.4. The average molecular weight is 325 g/mol. The van der Waals surface area contributed by atoms with E-state index in [1.807, 2.05) is 48.5 Å². The van der Waals surface area contributed by atoms with Gasteiger partial charge in [0.2, 0.25) is 0 Å². The standard InChI is InChI=1S/C21H15N3O/c25-21-19(16-3-9-23-10-4-16)13-18(15-1-7-22-8-2-15)14-20(21)17-5-11-24-12-6-17/h1-14,25H. The van der Waals surface area contributed by atoms with Crippen molar-refractivity contribution >= 4 is 0 Å². The smallest absolute Gasteiger partial charge is 0.131 e. The van der Waals surface area contributed by atoms with Crippen molar-refractivity contribution < 1.29 is 5.11 Å². The van der Waals surface area contributed by atoms with Crippen LogP contribution in [0.3, 0.4) is 0 Å². The Hall–Kier alpha value is -3.53. The van der Waals surface area contributed by atoms with Crippen LogP contribution in [0.4, 0.5) is 0 Å². The molecule has 0 bridgehead atoms. The topological polar surface area (TPSA) is 58.9 Å². The number of phenolic OH excluding ortho intramolecular Hbond substituents is 1. The summed E-state index contributed by atoms with van der Waals surface area (Å²) in [5, 5.41) is 10.9. The molecule has 4 nitrogen and oxygen atoms in total. The van der Waals surface area contributed by atoms with Crippen molar-refractivity contribution in [2.45, 2.75) is 0 Å². The molecule has 0 spiro atoms. The summed E-state index contributed by atoms with van der Waals surface area (Å²) in [4.78, 5) is 12.2. The highest BCUT2D eigenvalue weighted by molar-refractivity contribution is 5.87. The summed E-state index contributed by atoms with van der Waals surface area (Å²) in [5.41, 5.74) is 5.42. The second-order valence-electron chi connectivity index (χ2n) is 5.63. The number of pyridine rings is 3. The molecule has 0 aliphatic rings. The van der Waals surface area contributed by atoms with E-state index >= 15 is 0 Å². The number of aromatic hydroxyl groups is 1. The fourth-order valence-electron chi connectivity index (χ4n) is 2.85. The molecule has 3 heterocycles. The molecule has 120 valence electrons. The molecule has 4 aromatic rings. The van der Waals surface area contributed by atoms with Gasteiger partial charge in [0.25, 0.3) is 0 Å². The second-order valence-corrected chi connectivity index (χ2v) is 5.63. The van der Waals surface area contributed by atoms with E-state index in [0.29, 0.717) is 0 Å². The fraction of sp³-hybridized carbons (Fsp3) is 0. The van der Waals surface area contributed by atoms with E-state index in [2.05, 4.69) is 15.0 Å². The molecular formula is C21H15N3O. The minimum atomic E-state index is 0.246. The van der Waals surface area contributed by atoms with Gasteiger partial charge in [0, 0.05) is 48.3 Å². The second kappa shape index (κ2) is 6.53. The quantitative estimate of drug-likeness (QED) is 0.599. The van der Waals surface area contributed by atoms with Gasteiger partial charge < -0.3 is 5.11 Å². The monoisotopic (exact) mass is 325 g/mol. The zero-order chi connectivity index (χ0) is 17.1. The molecule has 4 rings (SSSR count). The van der Waals surface area contributed by atoms with Gasteiger partial charge >= 0.3 is 0 Å². The van der Waals surface area contributed by atoms with E-state index in [1.165, 1.54) is 0 Å². The summed E-state index contributed by atoms with van der Waals surface area (Å²) >= 11 is 0. The molecular weight excluding hydrogens is 310 g/mol. The van der Waals surface area contributed by atoms with Crippen molar-refractivity contribution in [2.24, 2.45) is 0 Å². The van der Waals surface area contributed by atoms with Crippen molar-refractivity contribution in [3.05, 3.63) is 85.7 Å². The molecule has 0 aliphatic heterocycles. The Morgan fingerprint density at radius 3 is 1.24 bits per heavy atom. The van der Waals surface area contributed by atoms with Crippen LogP contribution in [0.2, 0.25) is 0 Å². The number of benzene rings is 1. The van der Waals surface area contributed by atoms with Crippen LogP contribution in [0.5, 0.6) is 5.75 Å². The zero-order valence-electron chi connectivity index (χ0n) is 13.4. The van der Waals surface area contributed by atoms with Gasteiger partial charge in [-0.05, 0) is 70.8 Å². The summed E-state index contributed by atoms with van der Waals surface area (Å²) in [7, 11) is 0. The molecule has 1 aromatic carbocycles. The fourth-order valence-corrected chi connectivity index (χ4v) is 2.85. The van der Waals surface area contributed by atoms with Crippen LogP contribution in [0.1, 0.15) is 0 Å². The van der Waals surface area contributed by atoms with Crippen molar-refractivity contribution in [1.82, 2.24) is 15.0 Å². The van der Waals surface area contributed by atoms with Crippen LogP contribution in [0.25, 0.3) is 33.4 Å². The average Bonchev–Trinajstić information content (AvgIpc) is 2.70. The largest absolute Gasteiger partial charge is 0.507 e. The summed E-state index contributed by atoms with van der Waals surface area (Å²) in [6, 6.07) is 15.5. The van der Waals surface area contributed by atoms with E-state index in [9.17, 15) is 5.11 Å². The van der Waals surface area contributed by atoms with Gasteiger partial charge in [-0.2, -0.15) is 0 Å². The van der Waals surface area contributed by atoms with E-state index in [-0.39, 0.29) is 5.75 Å². The molecule has 0 atom stereocenters. The SMILES string of the molecule is Oc1c(-c2ccncc2)cc(-c2ccncc2)cc1-c1ccncc1. The molecule has 0 amide bonds. The van der Waals surface area contributed by atoms with E-state index in [4.69, 9.17) is 0 Å². The van der Waals surface area contributed by atoms with Gasteiger partial charge in [0.1, 0.15) is 5.75 Å². The minimum Gasteiger partial charge on any atom is -0.507 e. The summed E-state index contributed by atoms with van der Waals surface area (Å²) in [5.74, 6) is 0.246. The lowest BCUT2D eigenvalue weighted by Gasteiger charge is -2.14. The van der Waals surface area contributed by atoms with E-state index < -0.39 is 0 Å². The molecule has 4 heteroatoms. The highest BCUT2D eigenvalue weighted by Crippen LogP contribution is 2.41. The Labute approximate surface area is 145 Å². The van der Waals surface area contributed by atoms with Crippen LogP contribution in [0, 0.1) is 0 Å². The van der Waals surface area contributed by atoms with Crippen LogP contribution in [-0.2, 0) is 0 Å². The Bertz CT molecular complexity index is 927. The Morgan fingerprint density at radius 2 is 0.840 bits per heavy atom. The van der Waals surface area contributed by atoms with E-state index in [1.54, 1.807) is 37.2 Å². The zero-order valence-corrected chi connectivity index (χ0v) is 13.4. The first-order chi connectivity index (χ1) is 12.3. The Balaban J connectivity index is 1.98.